The van der Waals surface area contributed by atoms with E-state index in [1.807, 2.05) is 19.1 Å². The SMILES string of the molecule is CCNC(=NCc1ccnc(OCC)c1)NC1CCC(O)CC1. The Balaban J connectivity index is 1.93. The van der Waals surface area contributed by atoms with Gasteiger partial charge in [0.25, 0.3) is 0 Å². The molecule has 1 fully saturated rings. The lowest BCUT2D eigenvalue weighted by Gasteiger charge is -2.27. The van der Waals surface area contributed by atoms with Crippen molar-refractivity contribution in [2.24, 2.45) is 4.99 Å². The molecule has 6 nitrogen and oxygen atoms in total. The van der Waals surface area contributed by atoms with E-state index in [-0.39, 0.29) is 6.10 Å². The lowest BCUT2D eigenvalue weighted by molar-refractivity contribution is 0.120. The molecule has 1 heterocycles. The third kappa shape index (κ3) is 6.06. The maximum Gasteiger partial charge on any atom is 0.213 e. The highest BCUT2D eigenvalue weighted by Gasteiger charge is 2.19. The van der Waals surface area contributed by atoms with Crippen molar-refractivity contribution in [1.82, 2.24) is 15.6 Å². The van der Waals surface area contributed by atoms with Crippen molar-refractivity contribution < 1.29 is 9.84 Å². The summed E-state index contributed by atoms with van der Waals surface area (Å²) >= 11 is 0. The molecule has 0 saturated heterocycles. The van der Waals surface area contributed by atoms with Crippen molar-refractivity contribution >= 4 is 5.96 Å². The summed E-state index contributed by atoms with van der Waals surface area (Å²) in [5.41, 5.74) is 1.07. The van der Waals surface area contributed by atoms with Crippen LogP contribution in [-0.4, -0.2) is 41.3 Å². The van der Waals surface area contributed by atoms with E-state index in [9.17, 15) is 5.11 Å². The number of guanidine groups is 1. The highest BCUT2D eigenvalue weighted by Crippen LogP contribution is 2.18. The molecule has 1 aromatic rings. The number of aliphatic hydroxyl groups is 1. The van der Waals surface area contributed by atoms with Crippen LogP contribution in [0.2, 0.25) is 0 Å². The second kappa shape index (κ2) is 9.35. The van der Waals surface area contributed by atoms with E-state index in [4.69, 9.17) is 4.74 Å². The second-order valence-electron chi connectivity index (χ2n) is 5.78. The van der Waals surface area contributed by atoms with E-state index in [2.05, 4.69) is 27.5 Å². The van der Waals surface area contributed by atoms with Gasteiger partial charge in [0.1, 0.15) is 0 Å². The Hall–Kier alpha value is -1.82. The van der Waals surface area contributed by atoms with Crippen LogP contribution in [0.5, 0.6) is 5.88 Å². The van der Waals surface area contributed by atoms with Gasteiger partial charge in [0.2, 0.25) is 5.88 Å². The zero-order valence-electron chi connectivity index (χ0n) is 14.1. The monoisotopic (exact) mass is 320 g/mol. The molecule has 0 aromatic carbocycles. The smallest absolute Gasteiger partial charge is 0.213 e. The fourth-order valence-corrected chi connectivity index (χ4v) is 2.68. The summed E-state index contributed by atoms with van der Waals surface area (Å²) in [6, 6.07) is 4.26. The first-order valence-electron chi connectivity index (χ1n) is 8.51. The number of ether oxygens (including phenoxy) is 1. The first kappa shape index (κ1) is 17.5. The Morgan fingerprint density at radius 1 is 1.35 bits per heavy atom. The highest BCUT2D eigenvalue weighted by molar-refractivity contribution is 5.80. The summed E-state index contributed by atoms with van der Waals surface area (Å²) in [6.07, 6.45) is 5.29. The standard InChI is InChI=1S/C17H28N4O2/c1-3-18-17(21-14-5-7-15(22)8-6-14)20-12-13-9-10-19-16(11-13)23-4-2/h9-11,14-15,22H,3-8,12H2,1-2H3,(H2,18,20,21). The Morgan fingerprint density at radius 3 is 2.83 bits per heavy atom. The maximum absolute atomic E-state index is 9.59. The molecule has 1 aromatic heterocycles. The summed E-state index contributed by atoms with van der Waals surface area (Å²) in [4.78, 5) is 8.81. The van der Waals surface area contributed by atoms with E-state index < -0.39 is 0 Å². The molecule has 0 aliphatic heterocycles. The second-order valence-corrected chi connectivity index (χ2v) is 5.78. The summed E-state index contributed by atoms with van der Waals surface area (Å²) in [6.45, 7) is 6.01. The van der Waals surface area contributed by atoms with Gasteiger partial charge in [0.05, 0.1) is 19.3 Å². The van der Waals surface area contributed by atoms with Crippen molar-refractivity contribution in [2.45, 2.75) is 58.2 Å². The van der Waals surface area contributed by atoms with Gasteiger partial charge < -0.3 is 20.5 Å². The lowest BCUT2D eigenvalue weighted by atomic mass is 9.93. The van der Waals surface area contributed by atoms with Gasteiger partial charge >= 0.3 is 0 Å². The number of aliphatic hydroxyl groups excluding tert-OH is 1. The molecule has 128 valence electrons. The molecule has 23 heavy (non-hydrogen) atoms. The van der Waals surface area contributed by atoms with Gasteiger partial charge in [0, 0.05) is 24.8 Å². The minimum Gasteiger partial charge on any atom is -0.478 e. The van der Waals surface area contributed by atoms with Gasteiger partial charge in [-0.15, -0.1) is 0 Å². The summed E-state index contributed by atoms with van der Waals surface area (Å²) in [5.74, 6) is 1.46. The van der Waals surface area contributed by atoms with Gasteiger partial charge in [-0.1, -0.05) is 0 Å². The molecule has 0 amide bonds. The van der Waals surface area contributed by atoms with Crippen molar-refractivity contribution in [1.29, 1.82) is 0 Å². The predicted molar refractivity (Wildman–Crippen MR) is 91.6 cm³/mol. The van der Waals surface area contributed by atoms with Gasteiger partial charge in [-0.05, 0) is 51.2 Å². The van der Waals surface area contributed by atoms with E-state index in [1.54, 1.807) is 6.20 Å². The number of hydrogen-bond acceptors (Lipinski definition) is 4. The molecule has 0 unspecified atom stereocenters. The molecule has 0 atom stereocenters. The Bertz CT molecular complexity index is 499. The van der Waals surface area contributed by atoms with Crippen molar-refractivity contribution in [2.75, 3.05) is 13.2 Å². The van der Waals surface area contributed by atoms with Crippen LogP contribution in [0.3, 0.4) is 0 Å². The van der Waals surface area contributed by atoms with E-state index in [0.717, 1.165) is 43.8 Å². The summed E-state index contributed by atoms with van der Waals surface area (Å²) < 4.78 is 5.42. The van der Waals surface area contributed by atoms with Gasteiger partial charge in [-0.3, -0.25) is 0 Å². The van der Waals surface area contributed by atoms with Crippen LogP contribution in [0.4, 0.5) is 0 Å². The maximum atomic E-state index is 9.59. The summed E-state index contributed by atoms with van der Waals surface area (Å²) in [7, 11) is 0. The molecule has 0 bridgehead atoms. The number of rotatable bonds is 6. The zero-order chi connectivity index (χ0) is 16.5. The quantitative estimate of drug-likeness (QED) is 0.550. The fourth-order valence-electron chi connectivity index (χ4n) is 2.68. The average molecular weight is 320 g/mol. The Morgan fingerprint density at radius 2 is 2.13 bits per heavy atom. The molecular formula is C17H28N4O2. The van der Waals surface area contributed by atoms with Crippen molar-refractivity contribution in [3.05, 3.63) is 23.9 Å². The Labute approximate surface area is 138 Å². The van der Waals surface area contributed by atoms with E-state index in [0.29, 0.717) is 25.1 Å². The number of aromatic nitrogens is 1. The molecule has 1 aliphatic rings. The number of hydrogen-bond donors (Lipinski definition) is 3. The molecule has 2 rings (SSSR count). The molecule has 0 spiro atoms. The fraction of sp³-hybridized carbons (Fsp3) is 0.647. The number of nitrogens with zero attached hydrogens (tertiary/aromatic N) is 2. The molecular weight excluding hydrogens is 292 g/mol. The molecule has 6 heteroatoms. The van der Waals surface area contributed by atoms with Gasteiger partial charge in [0.15, 0.2) is 5.96 Å². The minimum absolute atomic E-state index is 0.138. The summed E-state index contributed by atoms with van der Waals surface area (Å²) in [5, 5.41) is 16.3. The largest absolute Gasteiger partial charge is 0.478 e. The lowest BCUT2D eigenvalue weighted by Crippen LogP contribution is -2.45. The average Bonchev–Trinajstić information content (AvgIpc) is 2.56. The van der Waals surface area contributed by atoms with Crippen molar-refractivity contribution in [3.8, 4) is 5.88 Å². The van der Waals surface area contributed by atoms with Crippen LogP contribution in [0.25, 0.3) is 0 Å². The van der Waals surface area contributed by atoms with Crippen LogP contribution in [0, 0.1) is 0 Å². The third-order valence-corrected chi connectivity index (χ3v) is 3.89. The number of pyridine rings is 1. The third-order valence-electron chi connectivity index (χ3n) is 3.89. The van der Waals surface area contributed by atoms with Crippen LogP contribution >= 0.6 is 0 Å². The number of aliphatic imine (C=N–C) groups is 1. The first-order chi connectivity index (χ1) is 11.2. The zero-order valence-corrected chi connectivity index (χ0v) is 14.1. The first-order valence-corrected chi connectivity index (χ1v) is 8.51. The van der Waals surface area contributed by atoms with E-state index >= 15 is 0 Å². The molecule has 1 aliphatic carbocycles. The normalized spacial score (nSPS) is 21.8. The molecule has 3 N–H and O–H groups in total. The topological polar surface area (TPSA) is 78.8 Å². The van der Waals surface area contributed by atoms with Crippen LogP contribution < -0.4 is 15.4 Å². The van der Waals surface area contributed by atoms with Crippen LogP contribution in [0.1, 0.15) is 45.1 Å². The van der Waals surface area contributed by atoms with Crippen molar-refractivity contribution in [3.63, 3.8) is 0 Å². The van der Waals surface area contributed by atoms with Gasteiger partial charge in [-0.2, -0.15) is 0 Å². The van der Waals surface area contributed by atoms with Crippen LogP contribution in [0.15, 0.2) is 23.3 Å². The predicted octanol–water partition coefficient (Wildman–Crippen LogP) is 1.84. The minimum atomic E-state index is -0.138. The van der Waals surface area contributed by atoms with Gasteiger partial charge in [-0.25, -0.2) is 9.98 Å². The molecule has 0 radical (unpaired) electrons. The van der Waals surface area contributed by atoms with E-state index in [1.165, 1.54) is 0 Å². The van der Waals surface area contributed by atoms with Crippen LogP contribution in [-0.2, 0) is 6.54 Å². The molecule has 1 saturated carbocycles. The Kier molecular flexibility index (Phi) is 7.13. The highest BCUT2D eigenvalue weighted by atomic mass is 16.5. The number of nitrogens with one attached hydrogen (secondary N) is 2.